The largest absolute Gasteiger partial charge is 0.396 e. The molecule has 66 valence electrons. The first-order valence-electron chi connectivity index (χ1n) is 3.91. The average molecular weight is 167 g/mol. The van der Waals surface area contributed by atoms with E-state index >= 15 is 0 Å². The van der Waals surface area contributed by atoms with Crippen molar-refractivity contribution in [3.8, 4) is 0 Å². The van der Waals surface area contributed by atoms with E-state index < -0.39 is 0 Å². The number of rotatable bonds is 3. The molecule has 1 heterocycles. The molecule has 1 aromatic heterocycles. The molecule has 0 saturated heterocycles. The Kier molecular flexibility index (Phi) is 3.13. The highest BCUT2D eigenvalue weighted by Crippen LogP contribution is 2.02. The van der Waals surface area contributed by atoms with Crippen LogP contribution in [0.4, 0.5) is 0 Å². The molecule has 4 nitrogen and oxygen atoms in total. The molecular weight excluding hydrogens is 154 g/mol. The SMILES string of the molecule is CC(N)c1ncc(CCO)cn1. The lowest BCUT2D eigenvalue weighted by molar-refractivity contribution is 0.299. The third kappa shape index (κ3) is 2.25. The van der Waals surface area contributed by atoms with Crippen molar-refractivity contribution in [2.45, 2.75) is 19.4 Å². The van der Waals surface area contributed by atoms with Crippen LogP contribution in [0.2, 0.25) is 0 Å². The van der Waals surface area contributed by atoms with Crippen molar-refractivity contribution in [1.29, 1.82) is 0 Å². The first-order valence-corrected chi connectivity index (χ1v) is 3.91. The first kappa shape index (κ1) is 9.09. The van der Waals surface area contributed by atoms with Gasteiger partial charge in [-0.25, -0.2) is 9.97 Å². The summed E-state index contributed by atoms with van der Waals surface area (Å²) in [5, 5.41) is 8.62. The molecule has 0 aliphatic carbocycles. The molecule has 0 saturated carbocycles. The van der Waals surface area contributed by atoms with Gasteiger partial charge in [-0.2, -0.15) is 0 Å². The highest BCUT2D eigenvalue weighted by atomic mass is 16.2. The second-order valence-electron chi connectivity index (χ2n) is 2.71. The number of hydrogen-bond donors (Lipinski definition) is 2. The highest BCUT2D eigenvalue weighted by molar-refractivity contribution is 5.06. The van der Waals surface area contributed by atoms with E-state index in [2.05, 4.69) is 9.97 Å². The minimum atomic E-state index is -0.131. The van der Waals surface area contributed by atoms with Crippen LogP contribution in [0, 0.1) is 0 Å². The minimum Gasteiger partial charge on any atom is -0.396 e. The van der Waals surface area contributed by atoms with E-state index in [1.807, 2.05) is 6.92 Å². The van der Waals surface area contributed by atoms with E-state index in [1.54, 1.807) is 12.4 Å². The average Bonchev–Trinajstić information content (AvgIpc) is 2.06. The molecule has 0 aromatic carbocycles. The normalized spacial score (nSPS) is 12.9. The van der Waals surface area contributed by atoms with Crippen LogP contribution in [-0.2, 0) is 6.42 Å². The highest BCUT2D eigenvalue weighted by Gasteiger charge is 2.01. The zero-order chi connectivity index (χ0) is 8.97. The summed E-state index contributed by atoms with van der Waals surface area (Å²) in [5.74, 6) is 0.636. The van der Waals surface area contributed by atoms with Gasteiger partial charge in [0.25, 0.3) is 0 Å². The van der Waals surface area contributed by atoms with Gasteiger partial charge in [0.1, 0.15) is 5.82 Å². The summed E-state index contributed by atoms with van der Waals surface area (Å²) in [5.41, 5.74) is 6.50. The third-order valence-electron chi connectivity index (χ3n) is 1.53. The lowest BCUT2D eigenvalue weighted by Gasteiger charge is -2.03. The van der Waals surface area contributed by atoms with Crippen molar-refractivity contribution < 1.29 is 5.11 Å². The number of hydrogen-bond acceptors (Lipinski definition) is 4. The van der Waals surface area contributed by atoms with Gasteiger partial charge in [-0.1, -0.05) is 0 Å². The predicted octanol–water partition coefficient (Wildman–Crippen LogP) is 0.0311. The molecular formula is C8H13N3O. The van der Waals surface area contributed by atoms with Crippen LogP contribution >= 0.6 is 0 Å². The molecule has 4 heteroatoms. The summed E-state index contributed by atoms with van der Waals surface area (Å²) < 4.78 is 0. The number of nitrogens with zero attached hydrogens (tertiary/aromatic N) is 2. The van der Waals surface area contributed by atoms with Gasteiger partial charge in [0.2, 0.25) is 0 Å². The molecule has 3 N–H and O–H groups in total. The summed E-state index contributed by atoms with van der Waals surface area (Å²) in [6.07, 6.45) is 3.99. The van der Waals surface area contributed by atoms with Crippen LogP contribution in [0.5, 0.6) is 0 Å². The molecule has 0 spiro atoms. The van der Waals surface area contributed by atoms with Crippen molar-refractivity contribution >= 4 is 0 Å². The molecule has 1 atom stereocenters. The quantitative estimate of drug-likeness (QED) is 0.666. The second-order valence-corrected chi connectivity index (χ2v) is 2.71. The first-order chi connectivity index (χ1) is 5.74. The molecule has 1 unspecified atom stereocenters. The summed E-state index contributed by atoms with van der Waals surface area (Å²) in [4.78, 5) is 8.10. The van der Waals surface area contributed by atoms with Crippen LogP contribution in [0.1, 0.15) is 24.4 Å². The molecule has 0 bridgehead atoms. The lowest BCUT2D eigenvalue weighted by Crippen LogP contribution is -2.10. The van der Waals surface area contributed by atoms with E-state index in [0.29, 0.717) is 12.2 Å². The second kappa shape index (κ2) is 4.13. The number of aliphatic hydroxyl groups is 1. The third-order valence-corrected chi connectivity index (χ3v) is 1.53. The van der Waals surface area contributed by atoms with Crippen LogP contribution in [0.15, 0.2) is 12.4 Å². The Morgan fingerprint density at radius 2 is 2.08 bits per heavy atom. The monoisotopic (exact) mass is 167 g/mol. The van der Waals surface area contributed by atoms with Gasteiger partial charge in [-0.3, -0.25) is 0 Å². The van der Waals surface area contributed by atoms with Crippen LogP contribution in [0.25, 0.3) is 0 Å². The van der Waals surface area contributed by atoms with Crippen molar-refractivity contribution in [1.82, 2.24) is 9.97 Å². The van der Waals surface area contributed by atoms with E-state index in [1.165, 1.54) is 0 Å². The minimum absolute atomic E-state index is 0.126. The Hall–Kier alpha value is -1.00. The van der Waals surface area contributed by atoms with Crippen molar-refractivity contribution in [3.05, 3.63) is 23.8 Å². The van der Waals surface area contributed by atoms with Gasteiger partial charge in [0, 0.05) is 19.0 Å². The van der Waals surface area contributed by atoms with Crippen LogP contribution < -0.4 is 5.73 Å². The molecule has 12 heavy (non-hydrogen) atoms. The molecule has 0 amide bonds. The summed E-state index contributed by atoms with van der Waals surface area (Å²) in [7, 11) is 0. The number of aromatic nitrogens is 2. The zero-order valence-corrected chi connectivity index (χ0v) is 7.07. The van der Waals surface area contributed by atoms with Gasteiger partial charge < -0.3 is 10.8 Å². The van der Waals surface area contributed by atoms with Gasteiger partial charge in [-0.05, 0) is 18.9 Å². The summed E-state index contributed by atoms with van der Waals surface area (Å²) in [6, 6.07) is -0.131. The summed E-state index contributed by atoms with van der Waals surface area (Å²) in [6.45, 7) is 1.96. The molecule has 0 aliphatic heterocycles. The van der Waals surface area contributed by atoms with E-state index in [0.717, 1.165) is 5.56 Å². The van der Waals surface area contributed by atoms with Crippen LogP contribution in [0.3, 0.4) is 0 Å². The maximum absolute atomic E-state index is 8.62. The Bertz CT molecular complexity index is 233. The predicted molar refractivity (Wildman–Crippen MR) is 45.4 cm³/mol. The zero-order valence-electron chi connectivity index (χ0n) is 7.07. The fourth-order valence-electron chi connectivity index (χ4n) is 0.858. The molecule has 0 fully saturated rings. The van der Waals surface area contributed by atoms with Crippen LogP contribution in [-0.4, -0.2) is 21.7 Å². The van der Waals surface area contributed by atoms with Gasteiger partial charge in [0.15, 0.2) is 0 Å². The maximum Gasteiger partial charge on any atom is 0.144 e. The molecule has 0 aliphatic rings. The Balaban J connectivity index is 2.71. The Morgan fingerprint density at radius 1 is 1.50 bits per heavy atom. The maximum atomic E-state index is 8.62. The Morgan fingerprint density at radius 3 is 2.50 bits per heavy atom. The van der Waals surface area contributed by atoms with E-state index in [-0.39, 0.29) is 12.6 Å². The Labute approximate surface area is 71.5 Å². The fourth-order valence-corrected chi connectivity index (χ4v) is 0.858. The van der Waals surface area contributed by atoms with Crippen molar-refractivity contribution in [3.63, 3.8) is 0 Å². The van der Waals surface area contributed by atoms with Crippen molar-refractivity contribution in [2.75, 3.05) is 6.61 Å². The molecule has 1 aromatic rings. The van der Waals surface area contributed by atoms with Gasteiger partial charge >= 0.3 is 0 Å². The standard InChI is InChI=1S/C8H13N3O/c1-6(9)8-10-4-7(2-3-12)5-11-8/h4-6,12H,2-3,9H2,1H3. The molecule has 1 rings (SSSR count). The molecule has 0 radical (unpaired) electrons. The number of aliphatic hydroxyl groups excluding tert-OH is 1. The summed E-state index contributed by atoms with van der Waals surface area (Å²) >= 11 is 0. The van der Waals surface area contributed by atoms with E-state index in [4.69, 9.17) is 10.8 Å². The van der Waals surface area contributed by atoms with Crippen molar-refractivity contribution in [2.24, 2.45) is 5.73 Å². The number of nitrogens with two attached hydrogens (primary N) is 1. The van der Waals surface area contributed by atoms with Gasteiger partial charge in [0.05, 0.1) is 6.04 Å². The smallest absolute Gasteiger partial charge is 0.144 e. The van der Waals surface area contributed by atoms with E-state index in [9.17, 15) is 0 Å². The van der Waals surface area contributed by atoms with Gasteiger partial charge in [-0.15, -0.1) is 0 Å². The fraction of sp³-hybridized carbons (Fsp3) is 0.500. The topological polar surface area (TPSA) is 72.0 Å². The lowest BCUT2D eigenvalue weighted by atomic mass is 10.2.